The normalized spacial score (nSPS) is 10.8. The van der Waals surface area contributed by atoms with Gasteiger partial charge in [0.25, 0.3) is 0 Å². The third kappa shape index (κ3) is 5.94. The van der Waals surface area contributed by atoms with E-state index < -0.39 is 0 Å². The molecule has 0 bridgehead atoms. The van der Waals surface area contributed by atoms with Gasteiger partial charge in [-0.2, -0.15) is 0 Å². The lowest BCUT2D eigenvalue weighted by atomic mass is 10.2. The fourth-order valence-electron chi connectivity index (χ4n) is 1.35. The molecule has 94 valence electrons. The predicted molar refractivity (Wildman–Crippen MR) is 78.6 cm³/mol. The maximum atomic E-state index is 4.04. The molecule has 0 aliphatic rings. The molecule has 0 atom stereocenters. The molecule has 1 N–H and O–H groups in total. The van der Waals surface area contributed by atoms with E-state index in [0.29, 0.717) is 6.04 Å². The van der Waals surface area contributed by atoms with Crippen molar-refractivity contribution in [2.75, 3.05) is 5.75 Å². The third-order valence-electron chi connectivity index (χ3n) is 2.56. The third-order valence-corrected chi connectivity index (χ3v) is 3.70. The van der Waals surface area contributed by atoms with Gasteiger partial charge in [-0.15, -0.1) is 11.8 Å². The van der Waals surface area contributed by atoms with Crippen molar-refractivity contribution in [1.29, 1.82) is 0 Å². The van der Waals surface area contributed by atoms with E-state index in [1.807, 2.05) is 11.8 Å². The Labute approximate surface area is 110 Å². The Bertz CT molecular complexity index is 358. The molecule has 17 heavy (non-hydrogen) atoms. The molecule has 1 nitrogen and oxygen atoms in total. The zero-order chi connectivity index (χ0) is 12.7. The number of hydrogen-bond donors (Lipinski definition) is 1. The molecule has 0 aliphatic heterocycles. The first-order valence-corrected chi connectivity index (χ1v) is 7.22. The average Bonchev–Trinajstić information content (AvgIpc) is 2.34. The monoisotopic (exact) mass is 249 g/mol. The van der Waals surface area contributed by atoms with Crippen molar-refractivity contribution < 1.29 is 0 Å². The molecule has 0 heterocycles. The van der Waals surface area contributed by atoms with Crippen LogP contribution in [0, 0.1) is 0 Å². The Morgan fingerprint density at radius 1 is 1.41 bits per heavy atom. The molecule has 0 saturated heterocycles. The van der Waals surface area contributed by atoms with E-state index >= 15 is 0 Å². The van der Waals surface area contributed by atoms with E-state index in [4.69, 9.17) is 0 Å². The summed E-state index contributed by atoms with van der Waals surface area (Å²) >= 11 is 1.87. The first kappa shape index (κ1) is 14.3. The molecule has 1 aromatic rings. The van der Waals surface area contributed by atoms with Crippen LogP contribution >= 0.6 is 11.8 Å². The summed E-state index contributed by atoms with van der Waals surface area (Å²) in [5.41, 5.74) is 2.66. The lowest BCUT2D eigenvalue weighted by Crippen LogP contribution is -2.21. The second-order valence-corrected chi connectivity index (χ2v) is 5.62. The molecule has 1 rings (SSSR count). The van der Waals surface area contributed by atoms with Gasteiger partial charge in [-0.3, -0.25) is 0 Å². The first-order chi connectivity index (χ1) is 8.11. The maximum Gasteiger partial charge on any atom is 0.0208 e. The quantitative estimate of drug-likeness (QED) is 0.573. The average molecular weight is 249 g/mol. The van der Waals surface area contributed by atoms with E-state index in [1.54, 1.807) is 0 Å². The van der Waals surface area contributed by atoms with Crippen molar-refractivity contribution in [2.24, 2.45) is 0 Å². The second-order valence-electron chi connectivity index (χ2n) is 4.58. The number of hydrogen-bond acceptors (Lipinski definition) is 2. The Kier molecular flexibility index (Phi) is 6.38. The molecular formula is C15H23NS. The minimum absolute atomic E-state index is 0.533. The van der Waals surface area contributed by atoms with Crippen LogP contribution in [0.15, 0.2) is 41.3 Å². The van der Waals surface area contributed by atoms with Gasteiger partial charge >= 0.3 is 0 Å². The molecule has 0 fully saturated rings. The number of nitrogens with one attached hydrogen (secondary N) is 1. The van der Waals surface area contributed by atoms with Crippen molar-refractivity contribution in [3.8, 4) is 0 Å². The fourth-order valence-corrected chi connectivity index (χ4v) is 2.34. The van der Waals surface area contributed by atoms with Crippen molar-refractivity contribution in [2.45, 2.75) is 44.7 Å². The highest BCUT2D eigenvalue weighted by molar-refractivity contribution is 7.99. The van der Waals surface area contributed by atoms with Gasteiger partial charge in [-0.1, -0.05) is 45.1 Å². The van der Waals surface area contributed by atoms with Crippen molar-refractivity contribution in [3.63, 3.8) is 0 Å². The Morgan fingerprint density at radius 3 is 2.82 bits per heavy atom. The van der Waals surface area contributed by atoms with E-state index in [-0.39, 0.29) is 0 Å². The van der Waals surface area contributed by atoms with Crippen molar-refractivity contribution in [3.05, 3.63) is 42.0 Å². The van der Waals surface area contributed by atoms with Crippen LogP contribution in [0.25, 0.3) is 0 Å². The molecule has 0 saturated carbocycles. The van der Waals surface area contributed by atoms with Gasteiger partial charge in [0.2, 0.25) is 0 Å². The van der Waals surface area contributed by atoms with Crippen LogP contribution in [0.1, 0.15) is 32.8 Å². The zero-order valence-corrected chi connectivity index (χ0v) is 11.9. The Morgan fingerprint density at radius 2 is 2.18 bits per heavy atom. The van der Waals surface area contributed by atoms with E-state index in [2.05, 4.69) is 56.9 Å². The summed E-state index contributed by atoms with van der Waals surface area (Å²) < 4.78 is 0. The van der Waals surface area contributed by atoms with Gasteiger partial charge in [0, 0.05) is 23.2 Å². The lowest BCUT2D eigenvalue weighted by Gasteiger charge is -2.09. The Balaban J connectivity index is 2.50. The van der Waals surface area contributed by atoms with Crippen LogP contribution in [0.5, 0.6) is 0 Å². The van der Waals surface area contributed by atoms with Crippen molar-refractivity contribution in [1.82, 2.24) is 5.32 Å². The van der Waals surface area contributed by atoms with Crippen LogP contribution in [-0.2, 0) is 6.54 Å². The van der Waals surface area contributed by atoms with Crippen LogP contribution in [0.3, 0.4) is 0 Å². The maximum absolute atomic E-state index is 4.04. The second kappa shape index (κ2) is 7.57. The molecule has 1 aromatic carbocycles. The predicted octanol–water partition coefficient (Wildman–Crippen LogP) is 4.24. The minimum Gasteiger partial charge on any atom is -0.310 e. The topological polar surface area (TPSA) is 12.0 Å². The summed E-state index contributed by atoms with van der Waals surface area (Å²) in [6.45, 7) is 11.5. The summed E-state index contributed by atoms with van der Waals surface area (Å²) in [7, 11) is 0. The summed E-state index contributed by atoms with van der Waals surface area (Å²) in [6.07, 6.45) is 1.07. The summed E-state index contributed by atoms with van der Waals surface area (Å²) in [5.74, 6) is 1.03. The fraction of sp³-hybridized carbons (Fsp3) is 0.467. The number of rotatable bonds is 7. The molecule has 0 aromatic heterocycles. The Hall–Kier alpha value is -0.730. The molecule has 0 radical (unpaired) electrons. The number of benzene rings is 1. The molecule has 0 amide bonds. The molecule has 2 heteroatoms. The van der Waals surface area contributed by atoms with Gasteiger partial charge in [-0.05, 0) is 24.1 Å². The van der Waals surface area contributed by atoms with Crippen LogP contribution < -0.4 is 5.32 Å². The van der Waals surface area contributed by atoms with Gasteiger partial charge in [0.05, 0.1) is 0 Å². The highest BCUT2D eigenvalue weighted by Gasteiger charge is 1.99. The molecular weight excluding hydrogens is 226 g/mol. The van der Waals surface area contributed by atoms with Gasteiger partial charge in [0.1, 0.15) is 0 Å². The summed E-state index contributed by atoms with van der Waals surface area (Å²) in [6, 6.07) is 9.28. The van der Waals surface area contributed by atoms with E-state index in [9.17, 15) is 0 Å². The molecule has 0 unspecified atom stereocenters. The standard InChI is InChI=1S/C15H23NS/c1-5-13(4)11-17-15-8-6-7-14(9-15)10-16-12(2)3/h6-9,12,16H,4-5,10-11H2,1-3H3. The highest BCUT2D eigenvalue weighted by atomic mass is 32.2. The first-order valence-electron chi connectivity index (χ1n) is 6.23. The molecule has 0 aliphatic carbocycles. The van der Waals surface area contributed by atoms with E-state index in [0.717, 1.165) is 18.7 Å². The van der Waals surface area contributed by atoms with E-state index in [1.165, 1.54) is 16.0 Å². The van der Waals surface area contributed by atoms with Crippen LogP contribution in [0.2, 0.25) is 0 Å². The van der Waals surface area contributed by atoms with Gasteiger partial charge < -0.3 is 5.32 Å². The van der Waals surface area contributed by atoms with Crippen molar-refractivity contribution >= 4 is 11.8 Å². The van der Waals surface area contributed by atoms with Crippen LogP contribution in [-0.4, -0.2) is 11.8 Å². The largest absolute Gasteiger partial charge is 0.310 e. The SMILES string of the molecule is C=C(CC)CSc1cccc(CNC(C)C)c1. The highest BCUT2D eigenvalue weighted by Crippen LogP contribution is 2.22. The summed E-state index contributed by atoms with van der Waals surface area (Å²) in [4.78, 5) is 1.34. The van der Waals surface area contributed by atoms with Crippen LogP contribution in [0.4, 0.5) is 0 Å². The zero-order valence-electron chi connectivity index (χ0n) is 11.1. The minimum atomic E-state index is 0.533. The molecule has 0 spiro atoms. The van der Waals surface area contributed by atoms with Gasteiger partial charge in [0.15, 0.2) is 0 Å². The number of thioether (sulfide) groups is 1. The lowest BCUT2D eigenvalue weighted by molar-refractivity contribution is 0.588. The summed E-state index contributed by atoms with van der Waals surface area (Å²) in [5, 5.41) is 3.44. The van der Waals surface area contributed by atoms with Gasteiger partial charge in [-0.25, -0.2) is 0 Å². The smallest absolute Gasteiger partial charge is 0.0208 e.